The van der Waals surface area contributed by atoms with Gasteiger partial charge in [0, 0.05) is 55.4 Å². The Kier molecular flexibility index (Phi) is 9.18. The molecule has 12 heteroatoms. The number of aromatic nitrogens is 4. The zero-order chi connectivity index (χ0) is 34.2. The lowest BCUT2D eigenvalue weighted by atomic mass is 9.93. The van der Waals surface area contributed by atoms with Crippen molar-refractivity contribution in [3.05, 3.63) is 72.3 Å². The van der Waals surface area contributed by atoms with Gasteiger partial charge in [0.25, 0.3) is 5.91 Å². The van der Waals surface area contributed by atoms with E-state index >= 15 is 4.39 Å². The van der Waals surface area contributed by atoms with Gasteiger partial charge in [0.15, 0.2) is 5.65 Å². The first-order chi connectivity index (χ1) is 23.0. The topological polar surface area (TPSA) is 129 Å². The van der Waals surface area contributed by atoms with E-state index in [2.05, 4.69) is 60.6 Å². The molecular formula is C36H42FN9O2. The van der Waals surface area contributed by atoms with Gasteiger partial charge in [-0.2, -0.15) is 10.4 Å². The summed E-state index contributed by atoms with van der Waals surface area (Å²) in [5.74, 6) is 0.274. The number of piperidine rings is 1. The van der Waals surface area contributed by atoms with Crippen LogP contribution in [0.5, 0.6) is 11.5 Å². The first-order valence-electron chi connectivity index (χ1n) is 16.4. The molecule has 2 N–H and O–H groups in total. The van der Waals surface area contributed by atoms with E-state index in [4.69, 9.17) is 15.6 Å². The molecule has 2 saturated heterocycles. The minimum Gasteiger partial charge on any atom is -0.457 e. The van der Waals surface area contributed by atoms with Crippen LogP contribution < -0.4 is 10.5 Å². The summed E-state index contributed by atoms with van der Waals surface area (Å²) in [6, 6.07) is 16.3. The van der Waals surface area contributed by atoms with E-state index in [0.717, 1.165) is 13.1 Å². The van der Waals surface area contributed by atoms with Crippen molar-refractivity contribution < 1.29 is 13.9 Å². The molecule has 0 spiro atoms. The number of anilines is 1. The van der Waals surface area contributed by atoms with E-state index in [1.54, 1.807) is 33.8 Å². The number of rotatable bonds is 7. The monoisotopic (exact) mass is 651 g/mol. The van der Waals surface area contributed by atoms with Crippen LogP contribution in [0.25, 0.3) is 22.3 Å². The fourth-order valence-electron chi connectivity index (χ4n) is 7.00. The number of likely N-dealkylation sites (N-methyl/N-ethyl adjacent to an activating group) is 1. The molecule has 0 radical (unpaired) electrons. The summed E-state index contributed by atoms with van der Waals surface area (Å²) < 4.78 is 23.2. The molecule has 0 aliphatic carbocycles. The predicted molar refractivity (Wildman–Crippen MR) is 183 cm³/mol. The van der Waals surface area contributed by atoms with Crippen LogP contribution in [0, 0.1) is 17.1 Å². The molecule has 1 amide bonds. The fourth-order valence-corrected chi connectivity index (χ4v) is 7.00. The second-order valence-electron chi connectivity index (χ2n) is 13.5. The lowest BCUT2D eigenvalue weighted by Gasteiger charge is -2.49. The molecule has 0 bridgehead atoms. The summed E-state index contributed by atoms with van der Waals surface area (Å²) in [4.78, 5) is 29.0. The Morgan fingerprint density at radius 1 is 1.08 bits per heavy atom. The predicted octanol–water partition coefficient (Wildman–Crippen LogP) is 5.42. The van der Waals surface area contributed by atoms with Crippen molar-refractivity contribution in [3.8, 4) is 28.8 Å². The third-order valence-electron chi connectivity index (χ3n) is 9.61. The quantitative estimate of drug-likeness (QED) is 0.206. The molecule has 6 rings (SSSR count). The third kappa shape index (κ3) is 6.48. The number of para-hydroxylation sites is 1. The van der Waals surface area contributed by atoms with E-state index in [1.165, 1.54) is 12.4 Å². The molecule has 2 aromatic heterocycles. The van der Waals surface area contributed by atoms with E-state index in [1.807, 2.05) is 24.3 Å². The maximum Gasteiger partial charge on any atom is 0.264 e. The molecule has 2 fully saturated rings. The molecule has 2 aromatic carbocycles. The van der Waals surface area contributed by atoms with Crippen molar-refractivity contribution in [2.45, 2.75) is 64.2 Å². The average Bonchev–Trinajstić information content (AvgIpc) is 3.46. The number of nitrogen functional groups attached to an aromatic ring is 1. The molecule has 4 aromatic rings. The Hall–Kier alpha value is -4.86. The van der Waals surface area contributed by atoms with E-state index in [0.29, 0.717) is 60.2 Å². The summed E-state index contributed by atoms with van der Waals surface area (Å²) in [5, 5.41) is 15.5. The third-order valence-corrected chi connectivity index (χ3v) is 9.61. The van der Waals surface area contributed by atoms with Gasteiger partial charge in [0.05, 0.1) is 11.4 Å². The van der Waals surface area contributed by atoms with Gasteiger partial charge >= 0.3 is 0 Å². The Morgan fingerprint density at radius 3 is 2.58 bits per heavy atom. The highest BCUT2D eigenvalue weighted by molar-refractivity contribution is 5.99. The van der Waals surface area contributed by atoms with Gasteiger partial charge in [-0.25, -0.2) is 19.0 Å². The number of nitriles is 1. The Labute approximate surface area is 280 Å². The first-order valence-corrected chi connectivity index (χ1v) is 16.4. The largest absolute Gasteiger partial charge is 0.457 e. The zero-order valence-electron chi connectivity index (χ0n) is 28.1. The van der Waals surface area contributed by atoms with Crippen LogP contribution in [0.4, 0.5) is 10.2 Å². The van der Waals surface area contributed by atoms with Crippen molar-refractivity contribution in [2.24, 2.45) is 0 Å². The van der Waals surface area contributed by atoms with Gasteiger partial charge in [-0.05, 0) is 77.9 Å². The standard InChI is InChI=1S/C36H42FN9O2/c1-23-20-45(24(2)19-43(23)5)36(3,4)17-25(18-38)35(47)44-15-9-10-26(21-44)46-34-31(33(39)40-22-41-34)32(42-46)29-14-13-28(16-30(29)37)48-27-11-7-6-8-12-27/h6-8,11-14,16-17,22-24,26H,9-10,15,19-21H2,1-5H3,(H2,39,40,41)/t23-,24+,26+/m1/s1. The molecule has 11 nitrogen and oxygen atoms in total. The van der Waals surface area contributed by atoms with Crippen LogP contribution in [0.2, 0.25) is 0 Å². The van der Waals surface area contributed by atoms with Gasteiger partial charge in [-0.1, -0.05) is 18.2 Å². The SMILES string of the molecule is C[C@@H]1CN(C(C)(C)C=C(C#N)C(=O)N2CCC[C@H](n3nc(-c4ccc(Oc5ccccc5)cc4F)c4c(N)ncnc43)C2)[C@@H](C)CN1C. The van der Waals surface area contributed by atoms with Crippen molar-refractivity contribution in [2.75, 3.05) is 39.0 Å². The van der Waals surface area contributed by atoms with Crippen LogP contribution >= 0.6 is 0 Å². The number of piperazine rings is 1. The maximum atomic E-state index is 15.7. The molecule has 0 unspecified atom stereocenters. The Morgan fingerprint density at radius 2 is 1.85 bits per heavy atom. The number of fused-ring (bicyclic) bond motifs is 1. The highest BCUT2D eigenvalue weighted by atomic mass is 19.1. The average molecular weight is 652 g/mol. The molecule has 4 heterocycles. The second kappa shape index (κ2) is 13.3. The number of nitrogens with zero attached hydrogens (tertiary/aromatic N) is 8. The van der Waals surface area contributed by atoms with Crippen molar-refractivity contribution in [1.29, 1.82) is 5.26 Å². The Balaban J connectivity index is 1.27. The summed E-state index contributed by atoms with van der Waals surface area (Å²) in [5.41, 5.74) is 6.95. The molecule has 3 atom stereocenters. The smallest absolute Gasteiger partial charge is 0.264 e. The van der Waals surface area contributed by atoms with Crippen molar-refractivity contribution in [3.63, 3.8) is 0 Å². The minimum absolute atomic E-state index is 0.122. The number of ether oxygens (including phenoxy) is 1. The Bertz CT molecular complexity index is 1880. The fraction of sp³-hybridized carbons (Fsp3) is 0.417. The van der Waals surface area contributed by atoms with Gasteiger partial charge in [-0.15, -0.1) is 0 Å². The van der Waals surface area contributed by atoms with Crippen molar-refractivity contribution in [1.82, 2.24) is 34.4 Å². The van der Waals surface area contributed by atoms with Gasteiger partial charge in [0.2, 0.25) is 0 Å². The van der Waals surface area contributed by atoms with Crippen molar-refractivity contribution >= 4 is 22.8 Å². The molecule has 48 heavy (non-hydrogen) atoms. The van der Waals surface area contributed by atoms with Gasteiger partial charge in [-0.3, -0.25) is 9.69 Å². The van der Waals surface area contributed by atoms with Gasteiger partial charge in [0.1, 0.15) is 46.8 Å². The number of hydrogen-bond acceptors (Lipinski definition) is 9. The van der Waals surface area contributed by atoms with E-state index in [9.17, 15) is 10.1 Å². The number of halogens is 1. The minimum atomic E-state index is -0.533. The number of amides is 1. The number of likely N-dealkylation sites (tertiary alicyclic amines) is 1. The number of nitrogens with two attached hydrogens (primary N) is 1. The number of benzene rings is 2. The first kappa shape index (κ1) is 33.1. The number of carbonyl (C=O) groups excluding carboxylic acids is 1. The normalized spacial score (nSPS) is 21.3. The molecular weight excluding hydrogens is 609 g/mol. The highest BCUT2D eigenvalue weighted by Gasteiger charge is 2.37. The van der Waals surface area contributed by atoms with Crippen LogP contribution in [-0.4, -0.2) is 91.2 Å². The van der Waals surface area contributed by atoms with Crippen LogP contribution in [-0.2, 0) is 4.79 Å². The van der Waals surface area contributed by atoms with Crippen LogP contribution in [0.1, 0.15) is 46.6 Å². The van der Waals surface area contributed by atoms with Gasteiger partial charge < -0.3 is 20.3 Å². The second-order valence-corrected chi connectivity index (χ2v) is 13.5. The number of hydrogen-bond donors (Lipinski definition) is 1. The van der Waals surface area contributed by atoms with Crippen LogP contribution in [0.3, 0.4) is 0 Å². The molecule has 0 saturated carbocycles. The lowest BCUT2D eigenvalue weighted by molar-refractivity contribution is -0.128. The molecule has 2 aliphatic rings. The summed E-state index contributed by atoms with van der Waals surface area (Å²) in [6.07, 6.45) is 4.58. The highest BCUT2D eigenvalue weighted by Crippen LogP contribution is 2.37. The molecule has 2 aliphatic heterocycles. The zero-order valence-corrected chi connectivity index (χ0v) is 28.1. The summed E-state index contributed by atoms with van der Waals surface area (Å²) >= 11 is 0. The summed E-state index contributed by atoms with van der Waals surface area (Å²) in [7, 11) is 2.12. The lowest BCUT2D eigenvalue weighted by Crippen LogP contribution is -2.61. The van der Waals surface area contributed by atoms with E-state index in [-0.39, 0.29) is 34.9 Å². The van der Waals surface area contributed by atoms with E-state index < -0.39 is 11.4 Å². The number of carbonyl (C=O) groups is 1. The molecule has 250 valence electrons. The van der Waals surface area contributed by atoms with Crippen LogP contribution in [0.15, 0.2) is 66.5 Å². The summed E-state index contributed by atoms with van der Waals surface area (Å²) in [6.45, 7) is 11.1. The maximum absolute atomic E-state index is 15.7.